The van der Waals surface area contributed by atoms with Crippen LogP contribution in [0.3, 0.4) is 0 Å². The molecule has 0 radical (unpaired) electrons. The summed E-state index contributed by atoms with van der Waals surface area (Å²) in [5.74, 6) is -1.42. The molecule has 0 N–H and O–H groups in total. The summed E-state index contributed by atoms with van der Waals surface area (Å²) in [5.41, 5.74) is 1.05. The molecule has 13 heteroatoms. The molecule has 0 saturated carbocycles. The van der Waals surface area contributed by atoms with Gasteiger partial charge >= 0.3 is 6.03 Å². The van der Waals surface area contributed by atoms with Crippen LogP contribution in [0, 0.1) is 23.0 Å². The number of ether oxygens (including phenoxy) is 1. The number of hydrogen-bond acceptors (Lipinski definition) is 7. The molecule has 178 valence electrons. The van der Waals surface area contributed by atoms with Gasteiger partial charge < -0.3 is 9.64 Å². The van der Waals surface area contributed by atoms with Crippen molar-refractivity contribution in [3.63, 3.8) is 0 Å². The second-order valence-corrected chi connectivity index (χ2v) is 8.43. The molecule has 5 rings (SSSR count). The lowest BCUT2D eigenvalue weighted by molar-refractivity contribution is 0.0230. The molecular weight excluding hydrogens is 482 g/mol. The molecule has 1 aromatic carbocycles. The van der Waals surface area contributed by atoms with Crippen molar-refractivity contribution < 1.29 is 18.3 Å². The molecule has 1 unspecified atom stereocenters. The van der Waals surface area contributed by atoms with Gasteiger partial charge in [-0.3, -0.25) is 4.68 Å². The van der Waals surface area contributed by atoms with Crippen molar-refractivity contribution in [1.29, 1.82) is 5.26 Å². The highest BCUT2D eigenvalue weighted by molar-refractivity contribution is 6.32. The third-order valence-corrected chi connectivity index (χ3v) is 5.95. The number of amides is 2. The Balaban J connectivity index is 1.25. The Kier molecular flexibility index (Phi) is 5.78. The van der Waals surface area contributed by atoms with E-state index in [4.69, 9.17) is 21.6 Å². The van der Waals surface area contributed by atoms with Gasteiger partial charge in [-0.1, -0.05) is 11.6 Å². The zero-order valence-corrected chi connectivity index (χ0v) is 19.0. The third kappa shape index (κ3) is 4.26. The molecule has 1 saturated heterocycles. The summed E-state index contributed by atoms with van der Waals surface area (Å²) in [6.07, 6.45) is 3.87. The number of hydrazone groups is 1. The van der Waals surface area contributed by atoms with Crippen molar-refractivity contribution in [2.75, 3.05) is 13.1 Å². The Morgan fingerprint density at radius 1 is 1.26 bits per heavy atom. The number of urea groups is 1. The second-order valence-electron chi connectivity index (χ2n) is 8.02. The number of likely N-dealkylation sites (tertiary alicyclic amines) is 1. The van der Waals surface area contributed by atoms with E-state index in [-0.39, 0.29) is 30.4 Å². The molecule has 2 aliphatic rings. The van der Waals surface area contributed by atoms with Crippen molar-refractivity contribution in [2.24, 2.45) is 12.1 Å². The predicted octanol–water partition coefficient (Wildman–Crippen LogP) is 3.30. The molecule has 0 spiro atoms. The van der Waals surface area contributed by atoms with E-state index >= 15 is 0 Å². The Labute approximate surface area is 203 Å². The van der Waals surface area contributed by atoms with E-state index in [1.165, 1.54) is 32.9 Å². The maximum absolute atomic E-state index is 14.3. The number of rotatable bonds is 4. The minimum absolute atomic E-state index is 0.153. The van der Waals surface area contributed by atoms with Crippen LogP contribution in [0.5, 0.6) is 5.88 Å². The number of hydrogen-bond donors (Lipinski definition) is 0. The lowest BCUT2D eigenvalue weighted by atomic mass is 10.0. The Morgan fingerprint density at radius 3 is 2.77 bits per heavy atom. The standard InChI is InChI=1S/C22H17ClF2N8O2/c1-31-19(16(23)8-29-31)20-27-9-17(25)21(30-20)35-15-10-32(11-15)22(34)33-18(2-3-28-33)13-4-12(7-26)5-14(24)6-13/h3-6,8-9,15,18H,2,10-11H2,1H3. The Morgan fingerprint density at radius 2 is 2.06 bits per heavy atom. The summed E-state index contributed by atoms with van der Waals surface area (Å²) in [4.78, 5) is 22.6. The Hall–Kier alpha value is -4.11. The van der Waals surface area contributed by atoms with Gasteiger partial charge in [0, 0.05) is 19.7 Å². The van der Waals surface area contributed by atoms with Crippen molar-refractivity contribution >= 4 is 23.8 Å². The molecule has 2 amide bonds. The fraction of sp³-hybridized carbons (Fsp3) is 0.273. The van der Waals surface area contributed by atoms with Gasteiger partial charge in [0.25, 0.3) is 5.88 Å². The van der Waals surface area contributed by atoms with Gasteiger partial charge in [-0.15, -0.1) is 0 Å². The highest BCUT2D eigenvalue weighted by atomic mass is 35.5. The van der Waals surface area contributed by atoms with Crippen LogP contribution in [-0.2, 0) is 7.05 Å². The van der Waals surface area contributed by atoms with Crippen molar-refractivity contribution in [3.8, 4) is 23.5 Å². The van der Waals surface area contributed by atoms with Gasteiger partial charge in [-0.2, -0.15) is 24.8 Å². The predicted molar refractivity (Wildman–Crippen MR) is 119 cm³/mol. The highest BCUT2D eigenvalue weighted by Crippen LogP contribution is 2.32. The Bertz CT molecular complexity index is 1360. The van der Waals surface area contributed by atoms with Gasteiger partial charge in [0.1, 0.15) is 17.6 Å². The van der Waals surface area contributed by atoms with Crippen molar-refractivity contribution in [1.82, 2.24) is 29.7 Å². The van der Waals surface area contributed by atoms with E-state index < -0.39 is 29.8 Å². The van der Waals surface area contributed by atoms with E-state index in [1.807, 2.05) is 6.07 Å². The van der Waals surface area contributed by atoms with Crippen LogP contribution in [0.15, 0.2) is 35.7 Å². The van der Waals surface area contributed by atoms with E-state index in [9.17, 15) is 13.6 Å². The fourth-order valence-electron chi connectivity index (χ4n) is 3.93. The van der Waals surface area contributed by atoms with Gasteiger partial charge in [-0.05, 0) is 23.8 Å². The lowest BCUT2D eigenvalue weighted by Crippen LogP contribution is -2.59. The normalized spacial score (nSPS) is 17.4. The number of aryl methyl sites for hydroxylation is 1. The molecule has 4 heterocycles. The number of nitrogens with zero attached hydrogens (tertiary/aromatic N) is 8. The first-order chi connectivity index (χ1) is 16.8. The summed E-state index contributed by atoms with van der Waals surface area (Å²) in [7, 11) is 1.66. The fourth-order valence-corrected chi connectivity index (χ4v) is 4.18. The quantitative estimate of drug-likeness (QED) is 0.545. The van der Waals surface area contributed by atoms with Gasteiger partial charge in [0.05, 0.1) is 48.2 Å². The van der Waals surface area contributed by atoms with E-state index in [2.05, 4.69) is 20.2 Å². The van der Waals surface area contributed by atoms with Crippen LogP contribution in [0.2, 0.25) is 5.02 Å². The number of nitriles is 1. The number of carbonyl (C=O) groups excluding carboxylic acids is 1. The van der Waals surface area contributed by atoms with Gasteiger partial charge in [0.2, 0.25) is 5.82 Å². The molecule has 2 aliphatic heterocycles. The minimum atomic E-state index is -0.750. The molecular formula is C22H17ClF2N8O2. The number of halogens is 3. The molecule has 0 bridgehead atoms. The van der Waals surface area contributed by atoms with E-state index in [0.29, 0.717) is 22.7 Å². The maximum atomic E-state index is 14.3. The first-order valence-electron chi connectivity index (χ1n) is 10.5. The van der Waals surface area contributed by atoms with Crippen molar-refractivity contribution in [2.45, 2.75) is 18.6 Å². The van der Waals surface area contributed by atoms with E-state index in [1.54, 1.807) is 13.3 Å². The average molecular weight is 499 g/mol. The largest absolute Gasteiger partial charge is 0.468 e. The van der Waals surface area contributed by atoms with Crippen LogP contribution < -0.4 is 4.74 Å². The third-order valence-electron chi connectivity index (χ3n) is 5.67. The molecule has 1 atom stereocenters. The molecule has 1 fully saturated rings. The monoisotopic (exact) mass is 498 g/mol. The second kappa shape index (κ2) is 8.92. The summed E-state index contributed by atoms with van der Waals surface area (Å²) in [6.45, 7) is 0.352. The van der Waals surface area contributed by atoms with Gasteiger partial charge in [-0.25, -0.2) is 19.2 Å². The topological polar surface area (TPSA) is 113 Å². The molecule has 3 aromatic rings. The smallest absolute Gasteiger partial charge is 0.341 e. The summed E-state index contributed by atoms with van der Waals surface area (Å²) in [6, 6.07) is 4.92. The van der Waals surface area contributed by atoms with E-state index in [0.717, 1.165) is 12.3 Å². The summed E-state index contributed by atoms with van der Waals surface area (Å²) in [5, 5.41) is 18.8. The minimum Gasteiger partial charge on any atom is -0.468 e. The maximum Gasteiger partial charge on any atom is 0.341 e. The van der Waals surface area contributed by atoms with Crippen LogP contribution >= 0.6 is 11.6 Å². The number of benzene rings is 1. The first kappa shape index (κ1) is 22.7. The SMILES string of the molecule is Cn1ncc(Cl)c1-c1ncc(F)c(OC2CN(C(=O)N3N=CCC3c3cc(F)cc(C#N)c3)C2)n1. The molecule has 35 heavy (non-hydrogen) atoms. The summed E-state index contributed by atoms with van der Waals surface area (Å²) >= 11 is 6.12. The van der Waals surface area contributed by atoms with Crippen LogP contribution in [0.4, 0.5) is 13.6 Å². The molecule has 2 aromatic heterocycles. The number of aromatic nitrogens is 4. The lowest BCUT2D eigenvalue weighted by Gasteiger charge is -2.40. The zero-order valence-electron chi connectivity index (χ0n) is 18.3. The summed E-state index contributed by atoms with van der Waals surface area (Å²) < 4.78 is 35.3. The molecule has 10 nitrogen and oxygen atoms in total. The van der Waals surface area contributed by atoms with Crippen LogP contribution in [-0.4, -0.2) is 61.1 Å². The first-order valence-corrected chi connectivity index (χ1v) is 10.9. The van der Waals surface area contributed by atoms with Crippen LogP contribution in [0.25, 0.3) is 11.5 Å². The number of carbonyl (C=O) groups is 1. The highest BCUT2D eigenvalue weighted by Gasteiger charge is 2.39. The van der Waals surface area contributed by atoms with Crippen LogP contribution in [0.1, 0.15) is 23.6 Å². The van der Waals surface area contributed by atoms with Gasteiger partial charge in [0.15, 0.2) is 5.82 Å². The zero-order chi connectivity index (χ0) is 24.7. The molecule has 0 aliphatic carbocycles. The average Bonchev–Trinajstić information content (AvgIpc) is 3.43. The van der Waals surface area contributed by atoms with Crippen molar-refractivity contribution in [3.05, 3.63) is 58.4 Å².